The van der Waals surface area contributed by atoms with Gasteiger partial charge >= 0.3 is 206 Å². The third-order valence-electron chi connectivity index (χ3n) is 6.50. The molecule has 0 radical (unpaired) electrons. The van der Waals surface area contributed by atoms with Crippen molar-refractivity contribution in [3.8, 4) is 0 Å². The van der Waals surface area contributed by atoms with E-state index >= 15 is 0 Å². The zero-order chi connectivity index (χ0) is 22.8. The van der Waals surface area contributed by atoms with E-state index in [9.17, 15) is 0 Å². The van der Waals surface area contributed by atoms with Gasteiger partial charge in [0, 0.05) is 20.4 Å². The average Bonchev–Trinajstić information content (AvgIpc) is 2.90. The van der Waals surface area contributed by atoms with Crippen molar-refractivity contribution in [3.63, 3.8) is 0 Å². The van der Waals surface area contributed by atoms with Gasteiger partial charge in [0.05, 0.1) is 0 Å². The first-order valence-electron chi connectivity index (χ1n) is 10.9. The van der Waals surface area contributed by atoms with Gasteiger partial charge in [0.25, 0.3) is 0 Å². The van der Waals surface area contributed by atoms with E-state index in [1.54, 1.807) is 0 Å². The number of hydrogen-bond donors (Lipinski definition) is 0. The Labute approximate surface area is 225 Å². The van der Waals surface area contributed by atoms with E-state index in [0.717, 1.165) is 5.30 Å². The molecule has 5 aromatic carbocycles. The summed E-state index contributed by atoms with van der Waals surface area (Å²) in [4.78, 5) is 0. The second kappa shape index (κ2) is 10.2. The molecule has 34 heavy (non-hydrogen) atoms. The largest absolute Gasteiger partial charge is 0 e. The molecule has 0 heterocycles. The van der Waals surface area contributed by atoms with E-state index in [-0.39, 0.29) is 20.4 Å². The molecule has 0 unspecified atom stereocenters. The summed E-state index contributed by atoms with van der Waals surface area (Å²) in [6.07, 6.45) is 0. The first-order chi connectivity index (χ1) is 16.2. The maximum atomic E-state index is 7.17. The summed E-state index contributed by atoms with van der Waals surface area (Å²) in [5, 5.41) is 7.07. The Balaban J connectivity index is 0.00000274. The van der Waals surface area contributed by atoms with Crippen LogP contribution in [0.25, 0.3) is 0 Å². The van der Waals surface area contributed by atoms with Gasteiger partial charge in [-0.1, -0.05) is 0 Å². The molecule has 0 aliphatic carbocycles. The van der Waals surface area contributed by atoms with Crippen LogP contribution in [0.5, 0.6) is 0 Å². The molecule has 0 bridgehead atoms. The van der Waals surface area contributed by atoms with Crippen LogP contribution in [0.3, 0.4) is 0 Å². The van der Waals surface area contributed by atoms with Crippen LogP contribution in [-0.2, 0) is 20.4 Å². The molecule has 172 valence electrons. The van der Waals surface area contributed by atoms with E-state index in [1.807, 2.05) is 12.1 Å². The van der Waals surface area contributed by atoms with Crippen LogP contribution in [0.2, 0.25) is 10.0 Å². The Hall–Kier alpha value is -2.23. The first kappa shape index (κ1) is 24.9. The predicted octanol–water partition coefficient (Wildman–Crippen LogP) is 6.47. The van der Waals surface area contributed by atoms with E-state index in [4.69, 9.17) is 23.2 Å². The molecule has 5 rings (SSSR count). The van der Waals surface area contributed by atoms with Crippen molar-refractivity contribution in [1.29, 1.82) is 0 Å². The molecule has 0 aliphatic rings. The standard InChI is InChI=1S/C30H23Cl2P.Pd/c31-28-22-13-23-29(30(28)32)33(24-14-5-1-6-15-24,25-16-7-2-8-17-25,26-18-9-3-10-19-26)27-20-11-4-12-21-27;/h1-23H;. The summed E-state index contributed by atoms with van der Waals surface area (Å²) in [7, 11) is 0. The minimum absolute atomic E-state index is 0. The Morgan fingerprint density at radius 3 is 1.03 bits per heavy atom. The molecule has 0 fully saturated rings. The van der Waals surface area contributed by atoms with Crippen molar-refractivity contribution in [2.24, 2.45) is 0 Å². The van der Waals surface area contributed by atoms with Gasteiger partial charge in [-0.3, -0.25) is 0 Å². The summed E-state index contributed by atoms with van der Waals surface area (Å²) >= 11 is 13.9. The van der Waals surface area contributed by atoms with Gasteiger partial charge in [0.15, 0.2) is 0 Å². The van der Waals surface area contributed by atoms with Crippen molar-refractivity contribution in [1.82, 2.24) is 0 Å². The first-order valence-corrected chi connectivity index (χ1v) is 13.9. The van der Waals surface area contributed by atoms with Crippen molar-refractivity contribution < 1.29 is 20.4 Å². The smallest absolute Gasteiger partial charge is 0 e. The van der Waals surface area contributed by atoms with Crippen LogP contribution in [0.4, 0.5) is 0 Å². The molecule has 0 nitrogen and oxygen atoms in total. The van der Waals surface area contributed by atoms with E-state index in [1.165, 1.54) is 21.2 Å². The fourth-order valence-corrected chi connectivity index (χ4v) is 12.9. The molecule has 0 saturated carbocycles. The van der Waals surface area contributed by atoms with E-state index in [2.05, 4.69) is 127 Å². The quantitative estimate of drug-likeness (QED) is 0.162. The second-order valence-electron chi connectivity index (χ2n) is 8.03. The number of halogens is 2. The molecule has 0 N–H and O–H groups in total. The zero-order valence-corrected chi connectivity index (χ0v) is 22.3. The van der Waals surface area contributed by atoms with E-state index in [0.29, 0.717) is 10.0 Å². The van der Waals surface area contributed by atoms with Crippen LogP contribution in [0.1, 0.15) is 0 Å². The maximum Gasteiger partial charge on any atom is 0 e. The van der Waals surface area contributed by atoms with Gasteiger partial charge < -0.3 is 0 Å². The Morgan fingerprint density at radius 1 is 0.382 bits per heavy atom. The molecule has 0 atom stereocenters. The van der Waals surface area contributed by atoms with E-state index < -0.39 is 6.60 Å². The monoisotopic (exact) mass is 590 g/mol. The SMILES string of the molecule is Clc1cccc(P(c2ccccc2)(c2ccccc2)(c2ccccc2)c2ccccc2)c1Cl.[Pd]. The second-order valence-corrected chi connectivity index (χ2v) is 13.6. The fourth-order valence-electron chi connectivity index (χ4n) is 5.19. The van der Waals surface area contributed by atoms with Gasteiger partial charge in [0.1, 0.15) is 0 Å². The minimum atomic E-state index is -3.56. The molecule has 0 spiro atoms. The fraction of sp³-hybridized carbons (Fsp3) is 0. The molecule has 4 heteroatoms. The van der Waals surface area contributed by atoms with Gasteiger partial charge in [-0.15, -0.1) is 0 Å². The van der Waals surface area contributed by atoms with Crippen molar-refractivity contribution >= 4 is 56.3 Å². The van der Waals surface area contributed by atoms with Crippen LogP contribution in [0.15, 0.2) is 140 Å². The summed E-state index contributed by atoms with van der Waals surface area (Å²) in [6, 6.07) is 49.1. The van der Waals surface area contributed by atoms with Crippen LogP contribution in [0, 0.1) is 0 Å². The third kappa shape index (κ3) is 3.51. The summed E-state index contributed by atoms with van der Waals surface area (Å²) in [6.45, 7) is -3.56. The molecule has 5 aromatic rings. The Morgan fingerprint density at radius 2 is 0.706 bits per heavy atom. The van der Waals surface area contributed by atoms with Crippen molar-refractivity contribution in [2.75, 3.05) is 0 Å². The Kier molecular flexibility index (Phi) is 7.45. The maximum absolute atomic E-state index is 7.17. The summed E-state index contributed by atoms with van der Waals surface area (Å²) in [5.41, 5.74) is 0. The molecular formula is C30H23Cl2PPd. The van der Waals surface area contributed by atoms with Crippen molar-refractivity contribution in [3.05, 3.63) is 150 Å². The zero-order valence-electron chi connectivity index (χ0n) is 18.3. The average molecular weight is 592 g/mol. The number of benzene rings is 5. The van der Waals surface area contributed by atoms with Crippen LogP contribution in [-0.4, -0.2) is 0 Å². The topological polar surface area (TPSA) is 0 Å². The molecule has 0 aromatic heterocycles. The molecule has 0 aliphatic heterocycles. The predicted molar refractivity (Wildman–Crippen MR) is 147 cm³/mol. The molecular weight excluding hydrogens is 569 g/mol. The van der Waals surface area contributed by atoms with Crippen LogP contribution < -0.4 is 26.5 Å². The summed E-state index contributed by atoms with van der Waals surface area (Å²) < 4.78 is 0. The summed E-state index contributed by atoms with van der Waals surface area (Å²) in [5.74, 6) is 0. The Bertz CT molecular complexity index is 1210. The number of hydrogen-bond acceptors (Lipinski definition) is 0. The normalized spacial score (nSPS) is 12.2. The number of rotatable bonds is 5. The van der Waals surface area contributed by atoms with Gasteiger partial charge in [0.2, 0.25) is 0 Å². The third-order valence-corrected chi connectivity index (χ3v) is 14.1. The van der Waals surface area contributed by atoms with Gasteiger partial charge in [-0.05, 0) is 0 Å². The minimum Gasteiger partial charge on any atom is 0 e. The van der Waals surface area contributed by atoms with Crippen molar-refractivity contribution in [2.45, 2.75) is 0 Å². The van der Waals surface area contributed by atoms with Crippen LogP contribution >= 0.6 is 29.8 Å². The molecule has 0 saturated heterocycles. The molecule has 0 amide bonds. The van der Waals surface area contributed by atoms with Gasteiger partial charge in [-0.25, -0.2) is 0 Å². The van der Waals surface area contributed by atoms with Gasteiger partial charge in [-0.2, -0.15) is 0 Å².